The number of rotatable bonds is 12. The van der Waals surface area contributed by atoms with Crippen molar-refractivity contribution in [3.8, 4) is 5.75 Å². The van der Waals surface area contributed by atoms with Crippen molar-refractivity contribution in [1.29, 1.82) is 0 Å². The molecule has 0 radical (unpaired) electrons. The molecule has 0 bridgehead atoms. The number of hydrogen-bond donors (Lipinski definition) is 4. The Labute approximate surface area is 345 Å². The van der Waals surface area contributed by atoms with Gasteiger partial charge in [0, 0.05) is 9.49 Å². The number of carbonyl (C=O) groups is 7. The van der Waals surface area contributed by atoms with E-state index in [1.54, 1.807) is 71.0 Å². The lowest BCUT2D eigenvalue weighted by molar-refractivity contribution is -0.180. The third kappa shape index (κ3) is 9.08. The predicted molar refractivity (Wildman–Crippen MR) is 215 cm³/mol. The first-order chi connectivity index (χ1) is 27.1. The average Bonchev–Trinajstić information content (AvgIpc) is 3.59. The summed E-state index contributed by atoms with van der Waals surface area (Å²) in [5.41, 5.74) is 5.94. The topological polar surface area (TPSA) is 224 Å². The van der Waals surface area contributed by atoms with Crippen molar-refractivity contribution in [2.24, 2.45) is 11.1 Å². The maximum absolute atomic E-state index is 12.8. The quantitative estimate of drug-likeness (QED) is 0.137. The number of esters is 2. The molecule has 0 saturated carbocycles. The van der Waals surface area contributed by atoms with E-state index < -0.39 is 87.2 Å². The zero-order valence-electron chi connectivity index (χ0n) is 33.6. The summed E-state index contributed by atoms with van der Waals surface area (Å²) in [6, 6.07) is 13.7. The number of nitrogens with one attached hydrogen (secondary N) is 2. The molecular formula is C40H51N5O11S2. The monoisotopic (exact) mass is 841 g/mol. The minimum absolute atomic E-state index is 0.358. The van der Waals surface area contributed by atoms with Crippen LogP contribution >= 0.6 is 23.5 Å². The van der Waals surface area contributed by atoms with E-state index in [0.29, 0.717) is 17.7 Å². The molecular weight excluding hydrogens is 791 g/mol. The first kappa shape index (κ1) is 44.3. The number of carboxylic acids is 1. The first-order valence-electron chi connectivity index (χ1n) is 18.8. The van der Waals surface area contributed by atoms with Crippen LogP contribution in [0, 0.1) is 5.41 Å². The number of carbonyl (C=O) groups excluding carboxylic acids is 6. The minimum Gasteiger partial charge on any atom is -0.481 e. The molecule has 0 aromatic heterocycles. The van der Waals surface area contributed by atoms with E-state index in [2.05, 4.69) is 10.6 Å². The van der Waals surface area contributed by atoms with E-state index in [-0.39, 0.29) is 23.1 Å². The van der Waals surface area contributed by atoms with Crippen LogP contribution in [0.15, 0.2) is 60.7 Å². The molecule has 0 aliphatic carbocycles. The Balaban J connectivity index is 0.000000226. The summed E-state index contributed by atoms with van der Waals surface area (Å²) in [6.07, 6.45) is -0.263. The molecule has 4 amide bonds. The molecule has 4 fully saturated rings. The fraction of sp³-hybridized carbons (Fsp3) is 0.525. The molecule has 1 unspecified atom stereocenters. The second-order valence-electron chi connectivity index (χ2n) is 16.3. The van der Waals surface area contributed by atoms with Gasteiger partial charge in [0.05, 0.1) is 5.41 Å². The summed E-state index contributed by atoms with van der Waals surface area (Å²) < 4.78 is 14.6. The SMILES string of the molecule is CC(C)(C)C(=O)OCOC(=O)[C@@H]1N2C(=O)[C@@H](NC(=O)[C@H](N)c3ccccc3)[C@H]2SC1(C)C.CCC(Oc1ccccc1)C(=O)N[C@@H]1C(=O)N2[C@@H]1SC(C)(C)[C@@H]2C(=O)O. The number of aliphatic carboxylic acids is 1. The van der Waals surface area contributed by atoms with Gasteiger partial charge in [-0.05, 0) is 72.6 Å². The third-order valence-corrected chi connectivity index (χ3v) is 13.2. The summed E-state index contributed by atoms with van der Waals surface area (Å²) in [5, 5.41) is 14.1. The minimum atomic E-state index is -1.03. The molecule has 5 N–H and O–H groups in total. The van der Waals surface area contributed by atoms with Crippen LogP contribution in [0.3, 0.4) is 0 Å². The van der Waals surface area contributed by atoms with Crippen LogP contribution in [0.1, 0.15) is 73.4 Å². The lowest BCUT2D eigenvalue weighted by Crippen LogP contribution is -2.71. The van der Waals surface area contributed by atoms with Gasteiger partial charge in [-0.25, -0.2) is 9.59 Å². The van der Waals surface area contributed by atoms with E-state index in [9.17, 15) is 38.7 Å². The van der Waals surface area contributed by atoms with E-state index in [4.69, 9.17) is 19.9 Å². The van der Waals surface area contributed by atoms with E-state index >= 15 is 0 Å². The molecule has 6 rings (SSSR count). The van der Waals surface area contributed by atoms with Crippen LogP contribution < -0.4 is 21.1 Å². The van der Waals surface area contributed by atoms with Gasteiger partial charge < -0.3 is 45.5 Å². The Morgan fingerprint density at radius 3 is 1.78 bits per heavy atom. The highest BCUT2D eigenvalue weighted by Gasteiger charge is 2.65. The highest BCUT2D eigenvalue weighted by Crippen LogP contribution is 2.52. The zero-order valence-corrected chi connectivity index (χ0v) is 35.3. The maximum atomic E-state index is 12.8. The van der Waals surface area contributed by atoms with Crippen molar-refractivity contribution >= 4 is 65.1 Å². The van der Waals surface area contributed by atoms with Crippen LogP contribution in [0.25, 0.3) is 0 Å². The van der Waals surface area contributed by atoms with Crippen molar-refractivity contribution in [2.75, 3.05) is 6.79 Å². The molecule has 16 nitrogen and oxygen atoms in total. The normalized spacial score (nSPS) is 25.9. The molecule has 314 valence electrons. The first-order valence-corrected chi connectivity index (χ1v) is 20.6. The molecule has 4 aliphatic heterocycles. The van der Waals surface area contributed by atoms with Gasteiger partial charge in [-0.2, -0.15) is 0 Å². The number of carboxylic acid groups (broad SMARTS) is 1. The zero-order chi connectivity index (χ0) is 42.9. The molecule has 8 atom stereocenters. The molecule has 4 saturated heterocycles. The number of β-lactam (4-membered cyclic amide) rings is 2. The summed E-state index contributed by atoms with van der Waals surface area (Å²) in [6.45, 7) is 13.6. The van der Waals surface area contributed by atoms with Crippen molar-refractivity contribution in [3.05, 3.63) is 66.2 Å². The number of para-hydroxylation sites is 1. The number of amides is 4. The fourth-order valence-corrected chi connectivity index (χ4v) is 10.2. The van der Waals surface area contributed by atoms with Crippen LogP contribution in [-0.4, -0.2) is 114 Å². The van der Waals surface area contributed by atoms with Gasteiger partial charge in [0.1, 0.15) is 46.7 Å². The fourth-order valence-electron chi connectivity index (χ4n) is 6.99. The summed E-state index contributed by atoms with van der Waals surface area (Å²) in [4.78, 5) is 89.3. The Hall–Kier alpha value is -4.81. The lowest BCUT2D eigenvalue weighted by Gasteiger charge is -2.44. The van der Waals surface area contributed by atoms with Crippen LogP contribution in [0.2, 0.25) is 0 Å². The Bertz CT molecular complexity index is 1910. The number of nitrogens with zero attached hydrogens (tertiary/aromatic N) is 2. The van der Waals surface area contributed by atoms with Gasteiger partial charge in [0.15, 0.2) is 6.10 Å². The summed E-state index contributed by atoms with van der Waals surface area (Å²) in [5.74, 6) is -3.18. The molecule has 2 aromatic carbocycles. The number of hydrogen-bond acceptors (Lipinski definition) is 13. The van der Waals surface area contributed by atoms with Gasteiger partial charge in [-0.15, -0.1) is 23.5 Å². The van der Waals surface area contributed by atoms with Gasteiger partial charge in [-0.1, -0.05) is 55.5 Å². The second kappa shape index (κ2) is 17.2. The van der Waals surface area contributed by atoms with Crippen molar-refractivity contribution < 1.29 is 52.9 Å². The molecule has 18 heteroatoms. The largest absolute Gasteiger partial charge is 0.481 e. The van der Waals surface area contributed by atoms with Crippen molar-refractivity contribution in [1.82, 2.24) is 20.4 Å². The van der Waals surface area contributed by atoms with Crippen molar-refractivity contribution in [2.45, 2.75) is 118 Å². The van der Waals surface area contributed by atoms with Crippen molar-refractivity contribution in [3.63, 3.8) is 0 Å². The van der Waals surface area contributed by atoms with Crippen LogP contribution in [-0.2, 0) is 43.0 Å². The van der Waals surface area contributed by atoms with E-state index in [0.717, 1.165) is 0 Å². The van der Waals surface area contributed by atoms with Gasteiger partial charge in [0.2, 0.25) is 24.5 Å². The Morgan fingerprint density at radius 2 is 1.28 bits per heavy atom. The van der Waals surface area contributed by atoms with E-state index in [1.165, 1.54) is 33.3 Å². The highest BCUT2D eigenvalue weighted by molar-refractivity contribution is 8.02. The van der Waals surface area contributed by atoms with Gasteiger partial charge in [0.25, 0.3) is 5.91 Å². The molecule has 4 aliphatic rings. The lowest BCUT2D eigenvalue weighted by atomic mass is 9.95. The standard InChI is InChI=1S/C22H29N3O6S.C18H22N2O5S/c1-21(2,3)20(29)31-11-30-19(28)15-22(4,5)32-18-14(17(27)25(15)18)24-16(26)13(23)12-9-7-6-8-10-12;1-4-11(25-10-8-6-5-7-9-10)14(21)19-12-15(22)20-13(17(23)24)18(2,3)26-16(12)20/h6-10,13-15,18H,11,23H2,1-5H3,(H,24,26);5-9,11-13,16H,4H2,1-3H3,(H,19,21)(H,23,24)/t13-,14-,15+,18-;11?,12-,13+,16-/m11/s1. The summed E-state index contributed by atoms with van der Waals surface area (Å²) in [7, 11) is 0. The maximum Gasteiger partial charge on any atom is 0.333 e. The smallest absolute Gasteiger partial charge is 0.333 e. The predicted octanol–water partition coefficient (Wildman–Crippen LogP) is 2.80. The molecule has 2 aromatic rings. The van der Waals surface area contributed by atoms with Gasteiger partial charge in [-0.3, -0.25) is 24.0 Å². The summed E-state index contributed by atoms with van der Waals surface area (Å²) >= 11 is 2.80. The van der Waals surface area contributed by atoms with Gasteiger partial charge >= 0.3 is 17.9 Å². The molecule has 4 heterocycles. The van der Waals surface area contributed by atoms with Crippen LogP contribution in [0.4, 0.5) is 0 Å². The Kier molecular flexibility index (Phi) is 13.1. The van der Waals surface area contributed by atoms with E-state index in [1.807, 2.05) is 45.0 Å². The number of nitrogens with two attached hydrogens (primary N) is 1. The average molecular weight is 842 g/mol. The number of fused-ring (bicyclic) bond motifs is 2. The Morgan fingerprint density at radius 1 is 0.793 bits per heavy atom. The number of ether oxygens (including phenoxy) is 3. The van der Waals surface area contributed by atoms with Crippen LogP contribution in [0.5, 0.6) is 5.75 Å². The number of benzene rings is 2. The second-order valence-corrected chi connectivity index (χ2v) is 19.9. The molecule has 0 spiro atoms. The number of thioether (sulfide) groups is 2. The highest BCUT2D eigenvalue weighted by atomic mass is 32.2. The molecule has 58 heavy (non-hydrogen) atoms. The third-order valence-electron chi connectivity index (χ3n) is 10.1.